The van der Waals surface area contributed by atoms with Crippen molar-refractivity contribution < 1.29 is 14.0 Å². The van der Waals surface area contributed by atoms with Crippen LogP contribution in [0.4, 0.5) is 5.69 Å². The van der Waals surface area contributed by atoms with Crippen molar-refractivity contribution >= 4 is 40.5 Å². The van der Waals surface area contributed by atoms with Gasteiger partial charge in [0.1, 0.15) is 4.88 Å². The molecule has 3 rings (SSSR count). The Morgan fingerprint density at radius 3 is 2.41 bits per heavy atom. The second kappa shape index (κ2) is 8.46. The SMILES string of the molecule is Cc1nc(C)c(-c2nnc(SCC(=O)c3ccc(NC(=O)C(C)(C)C)cc3)o2)s1. The van der Waals surface area contributed by atoms with Gasteiger partial charge in [0.15, 0.2) is 5.78 Å². The van der Waals surface area contributed by atoms with Crippen LogP contribution < -0.4 is 5.32 Å². The van der Waals surface area contributed by atoms with E-state index in [4.69, 9.17) is 4.42 Å². The average Bonchev–Trinajstić information content (AvgIpc) is 3.25. The fraction of sp³-hybridized carbons (Fsp3) is 0.350. The van der Waals surface area contributed by atoms with Gasteiger partial charge in [-0.1, -0.05) is 32.5 Å². The number of thioether (sulfide) groups is 1. The number of carbonyl (C=O) groups is 2. The lowest BCUT2D eigenvalue weighted by atomic mass is 9.95. The van der Waals surface area contributed by atoms with E-state index < -0.39 is 5.41 Å². The minimum atomic E-state index is -0.482. The largest absolute Gasteiger partial charge is 0.410 e. The van der Waals surface area contributed by atoms with Gasteiger partial charge in [-0.05, 0) is 38.1 Å². The molecule has 0 bridgehead atoms. The number of amides is 1. The van der Waals surface area contributed by atoms with Crippen molar-refractivity contribution in [2.75, 3.05) is 11.1 Å². The van der Waals surface area contributed by atoms with Crippen LogP contribution in [-0.2, 0) is 4.79 Å². The van der Waals surface area contributed by atoms with Crippen LogP contribution >= 0.6 is 23.1 Å². The van der Waals surface area contributed by atoms with Crippen molar-refractivity contribution in [3.63, 3.8) is 0 Å². The summed E-state index contributed by atoms with van der Waals surface area (Å²) in [6, 6.07) is 6.84. The van der Waals surface area contributed by atoms with Gasteiger partial charge in [0.2, 0.25) is 5.91 Å². The van der Waals surface area contributed by atoms with E-state index in [-0.39, 0.29) is 17.4 Å². The minimum Gasteiger partial charge on any atom is -0.410 e. The summed E-state index contributed by atoms with van der Waals surface area (Å²) >= 11 is 2.69. The molecule has 1 aromatic carbocycles. The maximum atomic E-state index is 12.4. The highest BCUT2D eigenvalue weighted by molar-refractivity contribution is 7.99. The normalized spacial score (nSPS) is 11.5. The number of Topliss-reactive ketones (excluding diaryl/α,β-unsaturated/α-hetero) is 1. The van der Waals surface area contributed by atoms with Crippen molar-refractivity contribution in [1.82, 2.24) is 15.2 Å². The van der Waals surface area contributed by atoms with E-state index in [2.05, 4.69) is 20.5 Å². The molecular formula is C20H22N4O3S2. The molecule has 0 spiro atoms. The number of anilines is 1. The monoisotopic (exact) mass is 430 g/mol. The van der Waals surface area contributed by atoms with Crippen LogP contribution in [0.2, 0.25) is 0 Å². The molecule has 1 amide bonds. The predicted octanol–water partition coefficient (Wildman–Crippen LogP) is 4.77. The highest BCUT2D eigenvalue weighted by atomic mass is 32.2. The summed E-state index contributed by atoms with van der Waals surface area (Å²) in [5.74, 6) is 0.455. The molecule has 29 heavy (non-hydrogen) atoms. The number of thiazole rings is 1. The van der Waals surface area contributed by atoms with Crippen molar-refractivity contribution in [1.29, 1.82) is 0 Å². The van der Waals surface area contributed by atoms with Crippen LogP contribution in [0.25, 0.3) is 10.8 Å². The number of aromatic nitrogens is 3. The fourth-order valence-corrected chi connectivity index (χ4v) is 3.86. The van der Waals surface area contributed by atoms with Gasteiger partial charge in [-0.3, -0.25) is 9.59 Å². The topological polar surface area (TPSA) is 98.0 Å². The molecule has 2 heterocycles. The third kappa shape index (κ3) is 5.30. The zero-order valence-electron chi connectivity index (χ0n) is 16.9. The van der Waals surface area contributed by atoms with Gasteiger partial charge < -0.3 is 9.73 Å². The van der Waals surface area contributed by atoms with Crippen LogP contribution in [0.1, 0.15) is 41.8 Å². The van der Waals surface area contributed by atoms with E-state index >= 15 is 0 Å². The number of nitrogens with zero attached hydrogens (tertiary/aromatic N) is 3. The molecule has 0 saturated carbocycles. The standard InChI is InChI=1S/C20H22N4O3S2/c1-11-16(29-12(2)21-11)17-23-24-19(27-17)28-10-15(25)13-6-8-14(9-7-13)22-18(26)20(3,4)5/h6-9H,10H2,1-5H3,(H,22,26). The molecular weight excluding hydrogens is 408 g/mol. The Morgan fingerprint density at radius 1 is 1.14 bits per heavy atom. The van der Waals surface area contributed by atoms with Gasteiger partial charge in [0, 0.05) is 16.7 Å². The van der Waals surface area contributed by atoms with Crippen LogP contribution in [0, 0.1) is 19.3 Å². The molecule has 9 heteroatoms. The average molecular weight is 431 g/mol. The van der Waals surface area contributed by atoms with Crippen LogP contribution in [0.5, 0.6) is 0 Å². The molecule has 0 aliphatic heterocycles. The Bertz CT molecular complexity index is 1030. The zero-order valence-corrected chi connectivity index (χ0v) is 18.5. The van der Waals surface area contributed by atoms with E-state index in [0.717, 1.165) is 15.6 Å². The van der Waals surface area contributed by atoms with E-state index in [0.29, 0.717) is 22.4 Å². The van der Waals surface area contributed by atoms with Gasteiger partial charge >= 0.3 is 0 Å². The summed E-state index contributed by atoms with van der Waals surface area (Å²) in [5.41, 5.74) is 1.58. The Morgan fingerprint density at radius 2 is 1.83 bits per heavy atom. The molecule has 2 aromatic heterocycles. The number of carbonyl (C=O) groups excluding carboxylic acids is 2. The summed E-state index contributed by atoms with van der Waals surface area (Å²) < 4.78 is 5.66. The van der Waals surface area contributed by atoms with E-state index in [1.807, 2.05) is 34.6 Å². The number of rotatable bonds is 6. The maximum absolute atomic E-state index is 12.4. The second-order valence-electron chi connectivity index (χ2n) is 7.51. The third-order valence-electron chi connectivity index (χ3n) is 3.98. The van der Waals surface area contributed by atoms with Gasteiger partial charge in [-0.15, -0.1) is 21.5 Å². The maximum Gasteiger partial charge on any atom is 0.277 e. The molecule has 0 unspecified atom stereocenters. The van der Waals surface area contributed by atoms with Crippen molar-refractivity contribution in [3.8, 4) is 10.8 Å². The Hall–Kier alpha value is -2.52. The van der Waals surface area contributed by atoms with Gasteiger partial charge in [0.05, 0.1) is 16.5 Å². The van der Waals surface area contributed by atoms with Crippen LogP contribution in [0.15, 0.2) is 33.9 Å². The van der Waals surface area contributed by atoms with Crippen LogP contribution in [-0.4, -0.2) is 32.6 Å². The minimum absolute atomic E-state index is 0.0618. The first-order chi connectivity index (χ1) is 13.6. The highest BCUT2D eigenvalue weighted by Crippen LogP contribution is 2.30. The molecule has 0 aliphatic rings. The Kier molecular flexibility index (Phi) is 6.18. The number of benzene rings is 1. The molecule has 3 aromatic rings. The lowest BCUT2D eigenvalue weighted by Crippen LogP contribution is -2.27. The number of hydrogen-bond acceptors (Lipinski definition) is 8. The predicted molar refractivity (Wildman–Crippen MR) is 114 cm³/mol. The number of ketones is 1. The first-order valence-corrected chi connectivity index (χ1v) is 10.8. The summed E-state index contributed by atoms with van der Waals surface area (Å²) in [6.45, 7) is 9.35. The number of aryl methyl sites for hydroxylation is 2. The smallest absolute Gasteiger partial charge is 0.277 e. The van der Waals surface area contributed by atoms with Crippen LogP contribution in [0.3, 0.4) is 0 Å². The van der Waals surface area contributed by atoms with Crippen molar-refractivity contribution in [2.45, 2.75) is 39.8 Å². The number of hydrogen-bond donors (Lipinski definition) is 1. The van der Waals surface area contributed by atoms with Gasteiger partial charge in [-0.25, -0.2) is 4.98 Å². The molecule has 0 radical (unpaired) electrons. The fourth-order valence-electron chi connectivity index (χ4n) is 2.36. The van der Waals surface area contributed by atoms with Gasteiger partial charge in [0.25, 0.3) is 11.1 Å². The Balaban J connectivity index is 1.58. The summed E-state index contributed by atoms with van der Waals surface area (Å²) in [4.78, 5) is 29.7. The molecule has 0 saturated heterocycles. The molecule has 152 valence electrons. The first-order valence-electron chi connectivity index (χ1n) is 8.99. The lowest BCUT2D eigenvalue weighted by Gasteiger charge is -2.17. The molecule has 1 N–H and O–H groups in total. The van der Waals surface area contributed by atoms with E-state index in [1.54, 1.807) is 24.3 Å². The van der Waals surface area contributed by atoms with Crippen molar-refractivity contribution in [2.24, 2.45) is 5.41 Å². The van der Waals surface area contributed by atoms with Crippen molar-refractivity contribution in [3.05, 3.63) is 40.5 Å². The Labute approximate surface area is 177 Å². The summed E-state index contributed by atoms with van der Waals surface area (Å²) in [6.07, 6.45) is 0. The number of nitrogens with one attached hydrogen (secondary N) is 1. The van der Waals surface area contributed by atoms with Gasteiger partial charge in [-0.2, -0.15) is 0 Å². The second-order valence-corrected chi connectivity index (χ2v) is 9.64. The quantitative estimate of drug-likeness (QED) is 0.444. The lowest BCUT2D eigenvalue weighted by molar-refractivity contribution is -0.123. The zero-order chi connectivity index (χ0) is 21.2. The molecule has 0 atom stereocenters. The summed E-state index contributed by atoms with van der Waals surface area (Å²) in [5, 5.41) is 12.2. The van der Waals surface area contributed by atoms with E-state index in [1.165, 1.54) is 23.1 Å². The van der Waals surface area contributed by atoms with E-state index in [9.17, 15) is 9.59 Å². The third-order valence-corrected chi connectivity index (χ3v) is 5.86. The summed E-state index contributed by atoms with van der Waals surface area (Å²) in [7, 11) is 0. The first kappa shape index (κ1) is 21.2. The molecule has 0 aliphatic carbocycles. The highest BCUT2D eigenvalue weighted by Gasteiger charge is 2.21. The molecule has 0 fully saturated rings. The molecule has 7 nitrogen and oxygen atoms in total.